The van der Waals surface area contributed by atoms with Crippen LogP contribution in [0.15, 0.2) is 24.3 Å². The monoisotopic (exact) mass is 247 g/mol. The molecule has 0 amide bonds. The van der Waals surface area contributed by atoms with Crippen LogP contribution in [-0.2, 0) is 0 Å². The summed E-state index contributed by atoms with van der Waals surface area (Å²) in [6.07, 6.45) is 2.98. The molecule has 3 unspecified atom stereocenters. The van der Waals surface area contributed by atoms with E-state index in [0.29, 0.717) is 6.10 Å². The molecule has 18 heavy (non-hydrogen) atoms. The number of rotatable bonds is 2. The van der Waals surface area contributed by atoms with Crippen LogP contribution in [0.2, 0.25) is 0 Å². The van der Waals surface area contributed by atoms with Crippen LogP contribution in [0, 0.1) is 12.8 Å². The first kappa shape index (κ1) is 13.4. The normalized spacial score (nSPS) is 29.9. The van der Waals surface area contributed by atoms with Gasteiger partial charge in [-0.15, -0.1) is 0 Å². The third-order valence-electron chi connectivity index (χ3n) is 4.06. The van der Waals surface area contributed by atoms with E-state index in [2.05, 4.69) is 43.1 Å². The quantitative estimate of drug-likeness (QED) is 0.793. The molecule has 100 valence electrons. The summed E-state index contributed by atoms with van der Waals surface area (Å²) in [6, 6.07) is 9.18. The van der Waals surface area contributed by atoms with E-state index < -0.39 is 0 Å². The third-order valence-corrected chi connectivity index (χ3v) is 4.06. The fourth-order valence-corrected chi connectivity index (χ4v) is 3.07. The Hall–Kier alpha value is -1.02. The topological polar surface area (TPSA) is 12.5 Å². The lowest BCUT2D eigenvalue weighted by Crippen LogP contribution is -2.37. The van der Waals surface area contributed by atoms with Crippen molar-refractivity contribution < 1.29 is 4.74 Å². The molecule has 0 radical (unpaired) electrons. The molecule has 1 aliphatic carbocycles. The molecule has 2 nitrogen and oxygen atoms in total. The van der Waals surface area contributed by atoms with Crippen LogP contribution in [0.25, 0.3) is 0 Å². The number of hydrogen-bond donors (Lipinski definition) is 0. The smallest absolute Gasteiger partial charge is 0.119 e. The third kappa shape index (κ3) is 2.69. The van der Waals surface area contributed by atoms with Crippen molar-refractivity contribution >= 4 is 0 Å². The van der Waals surface area contributed by atoms with Crippen LogP contribution in [0.1, 0.15) is 32.3 Å². The molecule has 1 aromatic carbocycles. The largest absolute Gasteiger partial charge is 0.490 e. The van der Waals surface area contributed by atoms with Gasteiger partial charge >= 0.3 is 0 Å². The Labute approximate surface area is 111 Å². The lowest BCUT2D eigenvalue weighted by atomic mass is 10.1. The van der Waals surface area contributed by atoms with Crippen LogP contribution >= 0.6 is 0 Å². The second kappa shape index (κ2) is 5.75. The highest BCUT2D eigenvalue weighted by Crippen LogP contribution is 2.38. The van der Waals surface area contributed by atoms with Gasteiger partial charge in [0.1, 0.15) is 11.9 Å². The van der Waals surface area contributed by atoms with Gasteiger partial charge in [0.15, 0.2) is 0 Å². The van der Waals surface area contributed by atoms with Crippen molar-refractivity contribution in [1.82, 2.24) is 4.90 Å². The average molecular weight is 247 g/mol. The molecule has 0 aromatic heterocycles. The molecule has 0 N–H and O–H groups in total. The number of likely N-dealkylation sites (tertiary alicyclic amines) is 1. The van der Waals surface area contributed by atoms with Gasteiger partial charge in [0, 0.05) is 24.9 Å². The molecule has 2 fully saturated rings. The number of piperidine rings is 1. The molecule has 1 saturated heterocycles. The molecule has 2 heteroatoms. The van der Waals surface area contributed by atoms with Crippen LogP contribution < -0.4 is 4.74 Å². The van der Waals surface area contributed by atoms with E-state index >= 15 is 0 Å². The maximum Gasteiger partial charge on any atom is 0.119 e. The Morgan fingerprint density at radius 2 is 1.78 bits per heavy atom. The van der Waals surface area contributed by atoms with Gasteiger partial charge in [0.2, 0.25) is 0 Å². The molecule has 1 saturated carbocycles. The van der Waals surface area contributed by atoms with Crippen LogP contribution in [-0.4, -0.2) is 30.6 Å². The second-order valence-electron chi connectivity index (χ2n) is 5.29. The Morgan fingerprint density at radius 3 is 2.28 bits per heavy atom. The highest BCUT2D eigenvalue weighted by molar-refractivity contribution is 5.26. The highest BCUT2D eigenvalue weighted by atomic mass is 16.5. The molecule has 3 rings (SSSR count). The molecule has 1 aromatic rings. The summed E-state index contributed by atoms with van der Waals surface area (Å²) in [5.74, 6) is 1.78. The van der Waals surface area contributed by atoms with E-state index in [1.807, 2.05) is 13.8 Å². The van der Waals surface area contributed by atoms with Gasteiger partial charge in [0.25, 0.3) is 0 Å². The van der Waals surface area contributed by atoms with Gasteiger partial charge in [0.05, 0.1) is 0 Å². The predicted octanol–water partition coefficient (Wildman–Crippen LogP) is 3.49. The Morgan fingerprint density at radius 1 is 1.11 bits per heavy atom. The SMILES string of the molecule is CC.Cc1ccc(OC2CC3CC2CN3C)cc1. The van der Waals surface area contributed by atoms with Gasteiger partial charge in [-0.3, -0.25) is 0 Å². The summed E-state index contributed by atoms with van der Waals surface area (Å²) in [6.45, 7) is 7.32. The van der Waals surface area contributed by atoms with Crippen molar-refractivity contribution in [3.8, 4) is 5.75 Å². The zero-order valence-corrected chi connectivity index (χ0v) is 12.0. The summed E-state index contributed by atoms with van der Waals surface area (Å²) >= 11 is 0. The van der Waals surface area contributed by atoms with Gasteiger partial charge in [-0.25, -0.2) is 0 Å². The van der Waals surface area contributed by atoms with E-state index in [1.165, 1.54) is 24.9 Å². The molecule has 3 atom stereocenters. The molecular formula is C16H25NO. The lowest BCUT2D eigenvalue weighted by molar-refractivity contribution is 0.105. The molecule has 2 aliphatic rings. The Balaban J connectivity index is 0.000000574. The van der Waals surface area contributed by atoms with Crippen molar-refractivity contribution in [3.05, 3.63) is 29.8 Å². The number of hydrogen-bond acceptors (Lipinski definition) is 2. The summed E-state index contributed by atoms with van der Waals surface area (Å²) in [5.41, 5.74) is 1.29. The van der Waals surface area contributed by atoms with Gasteiger partial charge in [-0.05, 0) is 32.5 Å². The predicted molar refractivity (Wildman–Crippen MR) is 76.1 cm³/mol. The van der Waals surface area contributed by atoms with Gasteiger partial charge in [-0.1, -0.05) is 31.5 Å². The summed E-state index contributed by atoms with van der Waals surface area (Å²) < 4.78 is 6.09. The number of nitrogens with zero attached hydrogens (tertiary/aromatic N) is 1. The summed E-state index contributed by atoms with van der Waals surface area (Å²) in [4.78, 5) is 2.47. The zero-order valence-electron chi connectivity index (χ0n) is 12.0. The van der Waals surface area contributed by atoms with Crippen LogP contribution in [0.4, 0.5) is 0 Å². The fraction of sp³-hybridized carbons (Fsp3) is 0.625. The maximum absolute atomic E-state index is 6.09. The highest BCUT2D eigenvalue weighted by Gasteiger charge is 2.44. The van der Waals surface area contributed by atoms with E-state index in [4.69, 9.17) is 4.74 Å². The maximum atomic E-state index is 6.09. The molecule has 1 aliphatic heterocycles. The Bertz CT molecular complexity index is 371. The Kier molecular flexibility index (Phi) is 4.28. The first-order valence-corrected chi connectivity index (χ1v) is 7.16. The standard InChI is InChI=1S/C14H19NO.C2H6/c1-10-3-5-13(6-4-10)16-14-8-12-7-11(14)9-15(12)2;1-2/h3-6,11-12,14H,7-9H2,1-2H3;1-2H3. The van der Waals surface area contributed by atoms with Crippen molar-refractivity contribution in [2.75, 3.05) is 13.6 Å². The number of aryl methyl sites for hydroxylation is 1. The minimum atomic E-state index is 0.448. The van der Waals surface area contributed by atoms with Gasteiger partial charge < -0.3 is 9.64 Å². The van der Waals surface area contributed by atoms with Crippen LogP contribution in [0.5, 0.6) is 5.75 Å². The number of benzene rings is 1. The minimum Gasteiger partial charge on any atom is -0.490 e. The molecule has 1 heterocycles. The minimum absolute atomic E-state index is 0.448. The fourth-order valence-electron chi connectivity index (χ4n) is 3.07. The van der Waals surface area contributed by atoms with Crippen molar-refractivity contribution in [1.29, 1.82) is 0 Å². The number of ether oxygens (including phenoxy) is 1. The van der Waals surface area contributed by atoms with Crippen molar-refractivity contribution in [2.45, 2.75) is 45.8 Å². The van der Waals surface area contributed by atoms with Crippen molar-refractivity contribution in [2.24, 2.45) is 5.92 Å². The summed E-state index contributed by atoms with van der Waals surface area (Å²) in [5, 5.41) is 0. The summed E-state index contributed by atoms with van der Waals surface area (Å²) in [7, 11) is 2.23. The number of fused-ring (bicyclic) bond motifs is 2. The van der Waals surface area contributed by atoms with E-state index in [0.717, 1.165) is 17.7 Å². The van der Waals surface area contributed by atoms with E-state index in [-0.39, 0.29) is 0 Å². The van der Waals surface area contributed by atoms with E-state index in [9.17, 15) is 0 Å². The van der Waals surface area contributed by atoms with Crippen LogP contribution in [0.3, 0.4) is 0 Å². The average Bonchev–Trinajstić information content (AvgIpc) is 2.93. The first-order valence-electron chi connectivity index (χ1n) is 7.16. The molecule has 2 bridgehead atoms. The second-order valence-corrected chi connectivity index (χ2v) is 5.29. The zero-order chi connectivity index (χ0) is 13.1. The van der Waals surface area contributed by atoms with Crippen molar-refractivity contribution in [3.63, 3.8) is 0 Å². The first-order chi connectivity index (χ1) is 8.72. The van der Waals surface area contributed by atoms with Gasteiger partial charge in [-0.2, -0.15) is 0 Å². The van der Waals surface area contributed by atoms with E-state index in [1.54, 1.807) is 0 Å². The molecular weight excluding hydrogens is 222 g/mol. The molecule has 0 spiro atoms. The lowest BCUT2D eigenvalue weighted by Gasteiger charge is -2.28.